The van der Waals surface area contributed by atoms with Crippen LogP contribution in [0.15, 0.2) is 60.7 Å². The van der Waals surface area contributed by atoms with Gasteiger partial charge in [0.1, 0.15) is 0 Å². The third-order valence-corrected chi connectivity index (χ3v) is 4.16. The van der Waals surface area contributed by atoms with E-state index in [4.69, 9.17) is 4.74 Å². The highest BCUT2D eigenvalue weighted by Crippen LogP contribution is 2.30. The molecule has 0 unspecified atom stereocenters. The maximum atomic E-state index is 12.3. The van der Waals surface area contributed by atoms with Crippen molar-refractivity contribution in [3.05, 3.63) is 77.5 Å². The molecule has 2 aromatic carbocycles. The van der Waals surface area contributed by atoms with Gasteiger partial charge >= 0.3 is 11.9 Å². The molecule has 0 aliphatic heterocycles. The second-order valence-corrected chi connectivity index (χ2v) is 5.81. The van der Waals surface area contributed by atoms with Gasteiger partial charge in [-0.1, -0.05) is 36.4 Å². The lowest BCUT2D eigenvalue weighted by atomic mass is 10.1. The van der Waals surface area contributed by atoms with Crippen LogP contribution in [0.3, 0.4) is 0 Å². The van der Waals surface area contributed by atoms with Crippen molar-refractivity contribution in [1.29, 1.82) is 0 Å². The molecule has 0 radical (unpaired) electrons. The van der Waals surface area contributed by atoms with Gasteiger partial charge in [-0.25, -0.2) is 9.59 Å². The highest BCUT2D eigenvalue weighted by molar-refractivity contribution is 5.93. The van der Waals surface area contributed by atoms with Gasteiger partial charge < -0.3 is 14.4 Å². The molecule has 0 aliphatic rings. The molecule has 1 aromatic heterocycles. The topological polar surface area (TPSA) is 68.5 Å². The molecular formula is C21H19NO4. The molecule has 0 saturated heterocycles. The Bertz CT molecular complexity index is 957. The Morgan fingerprint density at radius 1 is 1.04 bits per heavy atom. The van der Waals surface area contributed by atoms with Gasteiger partial charge in [-0.3, -0.25) is 0 Å². The summed E-state index contributed by atoms with van der Waals surface area (Å²) >= 11 is 0. The van der Waals surface area contributed by atoms with Crippen molar-refractivity contribution >= 4 is 11.9 Å². The number of benzene rings is 2. The SMILES string of the molecule is CCOC(=O)c1cc(-c2ccccc2)n(-c2cccc(C(=O)O)c2)c1C. The largest absolute Gasteiger partial charge is 0.478 e. The fourth-order valence-electron chi connectivity index (χ4n) is 2.95. The molecule has 1 heterocycles. The molecule has 5 nitrogen and oxygen atoms in total. The number of nitrogens with zero attached hydrogens (tertiary/aromatic N) is 1. The van der Waals surface area contributed by atoms with Crippen LogP contribution in [0.4, 0.5) is 0 Å². The predicted octanol–water partition coefficient (Wildman–Crippen LogP) is 4.33. The smallest absolute Gasteiger partial charge is 0.339 e. The van der Waals surface area contributed by atoms with Crippen molar-refractivity contribution in [2.75, 3.05) is 6.61 Å². The molecule has 26 heavy (non-hydrogen) atoms. The molecule has 132 valence electrons. The maximum Gasteiger partial charge on any atom is 0.339 e. The minimum Gasteiger partial charge on any atom is -0.478 e. The maximum absolute atomic E-state index is 12.3. The van der Waals surface area contributed by atoms with E-state index in [0.29, 0.717) is 23.6 Å². The van der Waals surface area contributed by atoms with Gasteiger partial charge in [-0.05, 0) is 43.7 Å². The summed E-state index contributed by atoms with van der Waals surface area (Å²) in [6, 6.07) is 18.1. The molecule has 3 aromatic rings. The molecule has 0 fully saturated rings. The average molecular weight is 349 g/mol. The fraction of sp³-hybridized carbons (Fsp3) is 0.143. The number of ether oxygens (including phenoxy) is 1. The first-order chi connectivity index (χ1) is 12.5. The van der Waals surface area contributed by atoms with Crippen molar-refractivity contribution in [2.45, 2.75) is 13.8 Å². The first kappa shape index (κ1) is 17.5. The summed E-state index contributed by atoms with van der Waals surface area (Å²) in [7, 11) is 0. The zero-order valence-corrected chi connectivity index (χ0v) is 14.6. The van der Waals surface area contributed by atoms with E-state index in [9.17, 15) is 14.7 Å². The van der Waals surface area contributed by atoms with Crippen molar-refractivity contribution in [3.63, 3.8) is 0 Å². The lowest BCUT2D eigenvalue weighted by Crippen LogP contribution is -2.07. The van der Waals surface area contributed by atoms with Gasteiger partial charge in [-0.2, -0.15) is 0 Å². The van der Waals surface area contributed by atoms with Crippen molar-refractivity contribution in [3.8, 4) is 16.9 Å². The summed E-state index contributed by atoms with van der Waals surface area (Å²) in [5, 5.41) is 9.29. The highest BCUT2D eigenvalue weighted by Gasteiger charge is 2.20. The molecule has 1 N–H and O–H groups in total. The van der Waals surface area contributed by atoms with Gasteiger partial charge in [0, 0.05) is 11.4 Å². The molecule has 3 rings (SSSR count). The zero-order chi connectivity index (χ0) is 18.7. The molecule has 0 aliphatic carbocycles. The number of carbonyl (C=O) groups is 2. The molecule has 5 heteroatoms. The van der Waals surface area contributed by atoms with E-state index >= 15 is 0 Å². The minimum absolute atomic E-state index is 0.187. The molecule has 0 amide bonds. The van der Waals surface area contributed by atoms with Crippen LogP contribution in [0.5, 0.6) is 0 Å². The van der Waals surface area contributed by atoms with Gasteiger partial charge in [0.25, 0.3) is 0 Å². The Balaban J connectivity index is 2.24. The standard InChI is InChI=1S/C21H19NO4/c1-3-26-21(25)18-13-19(15-8-5-4-6-9-15)22(14(18)2)17-11-7-10-16(12-17)20(23)24/h4-13H,3H2,1-2H3,(H,23,24). The van der Waals surface area contributed by atoms with E-state index in [1.165, 1.54) is 0 Å². The van der Waals surface area contributed by atoms with E-state index in [2.05, 4.69) is 0 Å². The van der Waals surface area contributed by atoms with E-state index in [1.807, 2.05) is 47.9 Å². The Morgan fingerprint density at radius 3 is 2.42 bits per heavy atom. The normalized spacial score (nSPS) is 10.5. The van der Waals surface area contributed by atoms with E-state index < -0.39 is 11.9 Å². The van der Waals surface area contributed by atoms with Crippen LogP contribution in [0.25, 0.3) is 16.9 Å². The van der Waals surface area contributed by atoms with E-state index in [0.717, 1.165) is 11.3 Å². The van der Waals surface area contributed by atoms with Crippen molar-refractivity contribution in [2.24, 2.45) is 0 Å². The quantitative estimate of drug-likeness (QED) is 0.696. The fourth-order valence-corrected chi connectivity index (χ4v) is 2.95. The van der Waals surface area contributed by atoms with Gasteiger partial charge in [0.15, 0.2) is 0 Å². The molecular weight excluding hydrogens is 330 g/mol. The summed E-state index contributed by atoms with van der Waals surface area (Å²) in [6.07, 6.45) is 0. The average Bonchev–Trinajstić information content (AvgIpc) is 3.00. The third kappa shape index (κ3) is 3.24. The van der Waals surface area contributed by atoms with Crippen LogP contribution in [-0.4, -0.2) is 28.2 Å². The van der Waals surface area contributed by atoms with Crippen LogP contribution in [0, 0.1) is 6.92 Å². The summed E-state index contributed by atoms with van der Waals surface area (Å²) in [5.41, 5.74) is 3.75. The first-order valence-electron chi connectivity index (χ1n) is 8.31. The number of rotatable bonds is 5. The number of aromatic carboxylic acids is 1. The lowest BCUT2D eigenvalue weighted by molar-refractivity contribution is 0.0525. The van der Waals surface area contributed by atoms with Crippen LogP contribution in [-0.2, 0) is 4.74 Å². The minimum atomic E-state index is -0.997. The number of aromatic nitrogens is 1. The Hall–Kier alpha value is -3.34. The van der Waals surface area contributed by atoms with E-state index in [-0.39, 0.29) is 5.56 Å². The highest BCUT2D eigenvalue weighted by atomic mass is 16.5. The predicted molar refractivity (Wildman–Crippen MR) is 98.9 cm³/mol. The second-order valence-electron chi connectivity index (χ2n) is 5.81. The van der Waals surface area contributed by atoms with Gasteiger partial charge in [0.2, 0.25) is 0 Å². The van der Waals surface area contributed by atoms with Gasteiger partial charge in [-0.15, -0.1) is 0 Å². The molecule has 0 saturated carbocycles. The molecule has 0 spiro atoms. The molecule has 0 bridgehead atoms. The van der Waals surface area contributed by atoms with Crippen LogP contribution >= 0.6 is 0 Å². The number of carboxylic acids is 1. The second kappa shape index (κ2) is 7.27. The van der Waals surface area contributed by atoms with Crippen LogP contribution < -0.4 is 0 Å². The number of carboxylic acid groups (broad SMARTS) is 1. The summed E-state index contributed by atoms with van der Waals surface area (Å²) < 4.78 is 7.05. The van der Waals surface area contributed by atoms with E-state index in [1.54, 1.807) is 31.2 Å². The van der Waals surface area contributed by atoms with Crippen LogP contribution in [0.1, 0.15) is 33.3 Å². The summed E-state index contributed by atoms with van der Waals surface area (Å²) in [4.78, 5) is 23.7. The van der Waals surface area contributed by atoms with Crippen molar-refractivity contribution < 1.29 is 19.4 Å². The Morgan fingerprint density at radius 2 is 1.77 bits per heavy atom. The molecule has 0 atom stereocenters. The Labute approximate surface area is 151 Å². The van der Waals surface area contributed by atoms with Crippen LogP contribution in [0.2, 0.25) is 0 Å². The van der Waals surface area contributed by atoms with Crippen molar-refractivity contribution in [1.82, 2.24) is 4.57 Å². The van der Waals surface area contributed by atoms with Gasteiger partial charge in [0.05, 0.1) is 23.4 Å². The first-order valence-corrected chi connectivity index (χ1v) is 8.31. The summed E-state index contributed by atoms with van der Waals surface area (Å²) in [5.74, 6) is -1.39. The Kier molecular flexibility index (Phi) is 4.89. The number of esters is 1. The zero-order valence-electron chi connectivity index (χ0n) is 14.6. The number of hydrogen-bond donors (Lipinski definition) is 1. The number of hydrogen-bond acceptors (Lipinski definition) is 3. The lowest BCUT2D eigenvalue weighted by Gasteiger charge is -2.13. The monoisotopic (exact) mass is 349 g/mol. The summed E-state index contributed by atoms with van der Waals surface area (Å²) in [6.45, 7) is 3.88. The third-order valence-electron chi connectivity index (χ3n) is 4.16. The number of carbonyl (C=O) groups excluding carboxylic acids is 1.